The molecule has 0 saturated carbocycles. The fourth-order valence-corrected chi connectivity index (χ4v) is 2.47. The number of anilines is 1. The number of amides is 1. The van der Waals surface area contributed by atoms with Crippen molar-refractivity contribution in [3.8, 4) is 17.2 Å². The number of benzene rings is 2. The average molecular weight is 394 g/mol. The molecule has 0 unspecified atom stereocenters. The second-order valence-corrected chi connectivity index (χ2v) is 5.94. The molecule has 0 aliphatic heterocycles. The van der Waals surface area contributed by atoms with Gasteiger partial charge in [-0.05, 0) is 36.8 Å². The number of methoxy groups -OCH3 is 2. The third-order valence-corrected chi connectivity index (χ3v) is 3.79. The zero-order chi connectivity index (χ0) is 17.4. The first-order valence-corrected chi connectivity index (χ1v) is 8.32. The molecule has 0 aromatic heterocycles. The number of hydrogen-bond donors (Lipinski definition) is 1. The molecule has 0 saturated heterocycles. The van der Waals surface area contributed by atoms with Crippen LogP contribution in [-0.4, -0.2) is 26.7 Å². The monoisotopic (exact) mass is 393 g/mol. The predicted molar refractivity (Wildman–Crippen MR) is 97.0 cm³/mol. The quantitative estimate of drug-likeness (QED) is 0.680. The Morgan fingerprint density at radius 2 is 1.92 bits per heavy atom. The summed E-state index contributed by atoms with van der Waals surface area (Å²) in [6.45, 7) is 0.476. The normalized spacial score (nSPS) is 10.1. The minimum atomic E-state index is -0.0868. The summed E-state index contributed by atoms with van der Waals surface area (Å²) in [6.07, 6.45) is 0.986. The van der Waals surface area contributed by atoms with Gasteiger partial charge in [-0.2, -0.15) is 0 Å². The van der Waals surface area contributed by atoms with Gasteiger partial charge in [0.05, 0.1) is 26.5 Å². The maximum Gasteiger partial charge on any atom is 0.224 e. The standard InChI is InChI=1S/C18H20BrNO4/c1-22-14-8-9-16(17(12-14)23-2)20-18(21)7-4-10-24-15-6-3-5-13(19)11-15/h3,5-6,8-9,11-12H,4,7,10H2,1-2H3,(H,20,21). The van der Waals surface area contributed by atoms with Crippen molar-refractivity contribution in [3.63, 3.8) is 0 Å². The molecule has 5 nitrogen and oxygen atoms in total. The van der Waals surface area contributed by atoms with Crippen molar-refractivity contribution in [2.75, 3.05) is 26.1 Å². The largest absolute Gasteiger partial charge is 0.497 e. The van der Waals surface area contributed by atoms with Crippen molar-refractivity contribution in [2.45, 2.75) is 12.8 Å². The number of rotatable bonds is 8. The van der Waals surface area contributed by atoms with Gasteiger partial charge in [0, 0.05) is 17.0 Å². The van der Waals surface area contributed by atoms with Crippen LogP contribution in [-0.2, 0) is 4.79 Å². The predicted octanol–water partition coefficient (Wildman–Crippen LogP) is 4.26. The molecule has 0 aliphatic rings. The Hall–Kier alpha value is -2.21. The molecule has 2 aromatic rings. The first-order valence-electron chi connectivity index (χ1n) is 7.52. The van der Waals surface area contributed by atoms with Gasteiger partial charge in [-0.1, -0.05) is 22.0 Å². The van der Waals surface area contributed by atoms with Gasteiger partial charge in [0.15, 0.2) is 0 Å². The van der Waals surface area contributed by atoms with Crippen LogP contribution in [0.2, 0.25) is 0 Å². The van der Waals surface area contributed by atoms with E-state index in [1.165, 1.54) is 0 Å². The van der Waals surface area contributed by atoms with Crippen LogP contribution in [0.4, 0.5) is 5.69 Å². The summed E-state index contributed by atoms with van der Waals surface area (Å²) in [6, 6.07) is 12.9. The fourth-order valence-electron chi connectivity index (χ4n) is 2.09. The Balaban J connectivity index is 1.79. The lowest BCUT2D eigenvalue weighted by Crippen LogP contribution is -2.13. The van der Waals surface area contributed by atoms with Crippen LogP contribution in [0, 0.1) is 0 Å². The molecule has 0 spiro atoms. The lowest BCUT2D eigenvalue weighted by molar-refractivity contribution is -0.116. The van der Waals surface area contributed by atoms with E-state index in [9.17, 15) is 4.79 Å². The van der Waals surface area contributed by atoms with Crippen molar-refractivity contribution >= 4 is 27.5 Å². The van der Waals surface area contributed by atoms with Crippen molar-refractivity contribution < 1.29 is 19.0 Å². The first kappa shape index (κ1) is 18.1. The summed E-state index contributed by atoms with van der Waals surface area (Å²) < 4.78 is 17.0. The van der Waals surface area contributed by atoms with E-state index in [2.05, 4.69) is 21.2 Å². The summed E-state index contributed by atoms with van der Waals surface area (Å²) >= 11 is 3.39. The van der Waals surface area contributed by atoms with Crippen molar-refractivity contribution in [3.05, 3.63) is 46.9 Å². The van der Waals surface area contributed by atoms with Crippen LogP contribution >= 0.6 is 15.9 Å². The van der Waals surface area contributed by atoms with E-state index in [-0.39, 0.29) is 5.91 Å². The summed E-state index contributed by atoms with van der Waals surface area (Å²) in [5, 5.41) is 2.84. The molecular weight excluding hydrogens is 374 g/mol. The molecule has 0 fully saturated rings. The topological polar surface area (TPSA) is 56.8 Å². The molecule has 2 rings (SSSR count). The Morgan fingerprint density at radius 3 is 2.62 bits per heavy atom. The smallest absolute Gasteiger partial charge is 0.224 e. The molecule has 24 heavy (non-hydrogen) atoms. The zero-order valence-electron chi connectivity index (χ0n) is 13.7. The molecule has 0 heterocycles. The van der Waals surface area contributed by atoms with Gasteiger partial charge in [-0.3, -0.25) is 4.79 Å². The minimum Gasteiger partial charge on any atom is -0.497 e. The van der Waals surface area contributed by atoms with E-state index < -0.39 is 0 Å². The number of hydrogen-bond acceptors (Lipinski definition) is 4. The molecule has 0 aliphatic carbocycles. The lowest BCUT2D eigenvalue weighted by Gasteiger charge is -2.12. The van der Waals surface area contributed by atoms with E-state index in [0.29, 0.717) is 36.6 Å². The number of nitrogens with one attached hydrogen (secondary N) is 1. The molecule has 6 heteroatoms. The third kappa shape index (κ3) is 5.45. The molecular formula is C18H20BrNO4. The van der Waals surface area contributed by atoms with E-state index in [1.807, 2.05) is 24.3 Å². The summed E-state index contributed by atoms with van der Waals surface area (Å²) in [4.78, 5) is 12.0. The van der Waals surface area contributed by atoms with Crippen LogP contribution in [0.1, 0.15) is 12.8 Å². The lowest BCUT2D eigenvalue weighted by atomic mass is 10.2. The van der Waals surface area contributed by atoms with Crippen LogP contribution < -0.4 is 19.5 Å². The van der Waals surface area contributed by atoms with Gasteiger partial charge in [0.25, 0.3) is 0 Å². The van der Waals surface area contributed by atoms with E-state index in [1.54, 1.807) is 32.4 Å². The Labute approximate surface area is 150 Å². The van der Waals surface area contributed by atoms with Gasteiger partial charge >= 0.3 is 0 Å². The first-order chi connectivity index (χ1) is 11.6. The van der Waals surface area contributed by atoms with Crippen molar-refractivity contribution in [1.29, 1.82) is 0 Å². The fraction of sp³-hybridized carbons (Fsp3) is 0.278. The maximum atomic E-state index is 12.0. The minimum absolute atomic E-state index is 0.0868. The highest BCUT2D eigenvalue weighted by Crippen LogP contribution is 2.29. The van der Waals surface area contributed by atoms with Crippen LogP contribution in [0.25, 0.3) is 0 Å². The number of ether oxygens (including phenoxy) is 3. The SMILES string of the molecule is COc1ccc(NC(=O)CCCOc2cccc(Br)c2)c(OC)c1. The van der Waals surface area contributed by atoms with Gasteiger partial charge < -0.3 is 19.5 Å². The van der Waals surface area contributed by atoms with E-state index in [4.69, 9.17) is 14.2 Å². The Bertz CT molecular complexity index is 690. The maximum absolute atomic E-state index is 12.0. The van der Waals surface area contributed by atoms with E-state index in [0.717, 1.165) is 10.2 Å². The van der Waals surface area contributed by atoms with Gasteiger partial charge in [0.1, 0.15) is 17.2 Å². The van der Waals surface area contributed by atoms with Crippen molar-refractivity contribution in [2.24, 2.45) is 0 Å². The second-order valence-electron chi connectivity index (χ2n) is 5.02. The van der Waals surface area contributed by atoms with Crippen LogP contribution in [0.15, 0.2) is 46.9 Å². The zero-order valence-corrected chi connectivity index (χ0v) is 15.3. The Kier molecular flexibility index (Phi) is 6.93. The van der Waals surface area contributed by atoms with Crippen LogP contribution in [0.3, 0.4) is 0 Å². The highest BCUT2D eigenvalue weighted by molar-refractivity contribution is 9.10. The van der Waals surface area contributed by atoms with Gasteiger partial charge in [0.2, 0.25) is 5.91 Å². The number of halogens is 1. The summed E-state index contributed by atoms with van der Waals surface area (Å²) in [5.74, 6) is 1.93. The van der Waals surface area contributed by atoms with Gasteiger partial charge in [-0.15, -0.1) is 0 Å². The molecule has 128 valence electrons. The molecule has 0 bridgehead atoms. The third-order valence-electron chi connectivity index (χ3n) is 3.30. The molecule has 2 aromatic carbocycles. The number of carbonyl (C=O) groups is 1. The Morgan fingerprint density at radius 1 is 1.08 bits per heavy atom. The highest BCUT2D eigenvalue weighted by atomic mass is 79.9. The molecule has 1 N–H and O–H groups in total. The molecule has 0 atom stereocenters. The average Bonchev–Trinajstić information content (AvgIpc) is 2.59. The highest BCUT2D eigenvalue weighted by Gasteiger charge is 2.09. The van der Waals surface area contributed by atoms with Crippen LogP contribution in [0.5, 0.6) is 17.2 Å². The van der Waals surface area contributed by atoms with Gasteiger partial charge in [-0.25, -0.2) is 0 Å². The van der Waals surface area contributed by atoms with E-state index >= 15 is 0 Å². The molecule has 1 amide bonds. The summed E-state index contributed by atoms with van der Waals surface area (Å²) in [5.41, 5.74) is 0.621. The van der Waals surface area contributed by atoms with Crippen molar-refractivity contribution in [1.82, 2.24) is 0 Å². The molecule has 0 radical (unpaired) electrons. The summed E-state index contributed by atoms with van der Waals surface area (Å²) in [7, 11) is 3.13. The second kappa shape index (κ2) is 9.17. The number of carbonyl (C=O) groups excluding carboxylic acids is 1.